The van der Waals surface area contributed by atoms with Crippen molar-refractivity contribution in [2.24, 2.45) is 5.73 Å². The minimum absolute atomic E-state index is 0.0603. The highest BCUT2D eigenvalue weighted by molar-refractivity contribution is 7.89. The summed E-state index contributed by atoms with van der Waals surface area (Å²) in [6, 6.07) is 1.12. The van der Waals surface area contributed by atoms with Gasteiger partial charge in [-0.05, 0) is 25.5 Å². The zero-order chi connectivity index (χ0) is 12.9. The van der Waals surface area contributed by atoms with Gasteiger partial charge in [-0.1, -0.05) is 11.6 Å². The molecule has 1 aromatic heterocycles. The van der Waals surface area contributed by atoms with Gasteiger partial charge in [-0.25, -0.2) is 13.1 Å². The lowest BCUT2D eigenvalue weighted by atomic mass is 10.3. The highest BCUT2D eigenvalue weighted by Gasteiger charge is 2.14. The smallest absolute Gasteiger partial charge is 0.266 e. The number of hydrogen-bond acceptors (Lipinski definition) is 4. The van der Waals surface area contributed by atoms with E-state index in [1.807, 2.05) is 0 Å². The van der Waals surface area contributed by atoms with Crippen molar-refractivity contribution in [3.8, 4) is 0 Å². The van der Waals surface area contributed by atoms with Crippen LogP contribution < -0.4 is 16.0 Å². The molecular formula is C9H14ClN3O3S. The summed E-state index contributed by atoms with van der Waals surface area (Å²) < 4.78 is 25.9. The van der Waals surface area contributed by atoms with E-state index in [4.69, 9.17) is 17.3 Å². The lowest BCUT2D eigenvalue weighted by molar-refractivity contribution is 0.576. The molecule has 4 N–H and O–H groups in total. The number of pyridine rings is 1. The standard InChI is InChI=1S/C9H14ClN3O3S/c10-8-5-7(6-12-9(8)14)17(15,16)13-4-2-1-3-11/h5-6,13H,1-4,11H2,(H,12,14). The van der Waals surface area contributed by atoms with Gasteiger partial charge in [0, 0.05) is 12.7 Å². The summed E-state index contributed by atoms with van der Waals surface area (Å²) in [5, 5.41) is -0.158. The topological polar surface area (TPSA) is 105 Å². The Morgan fingerprint density at radius 3 is 2.71 bits per heavy atom. The molecule has 0 aliphatic heterocycles. The van der Waals surface area contributed by atoms with Crippen molar-refractivity contribution in [2.75, 3.05) is 13.1 Å². The maximum absolute atomic E-state index is 11.7. The molecule has 6 nitrogen and oxygen atoms in total. The number of rotatable bonds is 6. The molecule has 0 atom stereocenters. The Kier molecular flexibility index (Phi) is 5.13. The minimum Gasteiger partial charge on any atom is -0.330 e. The Morgan fingerprint density at radius 2 is 2.12 bits per heavy atom. The van der Waals surface area contributed by atoms with E-state index < -0.39 is 15.6 Å². The third-order valence-corrected chi connectivity index (χ3v) is 3.79. The molecule has 0 fully saturated rings. The van der Waals surface area contributed by atoms with Crippen molar-refractivity contribution in [3.63, 3.8) is 0 Å². The molecule has 0 saturated heterocycles. The van der Waals surface area contributed by atoms with E-state index in [0.717, 1.165) is 18.7 Å². The number of sulfonamides is 1. The largest absolute Gasteiger partial charge is 0.330 e. The van der Waals surface area contributed by atoms with Gasteiger partial charge in [0.05, 0.1) is 4.90 Å². The SMILES string of the molecule is NCCCCNS(=O)(=O)c1c[nH]c(=O)c(Cl)c1. The summed E-state index contributed by atoms with van der Waals surface area (Å²) in [5.41, 5.74) is 4.77. The molecule has 17 heavy (non-hydrogen) atoms. The summed E-state index contributed by atoms with van der Waals surface area (Å²) >= 11 is 5.55. The van der Waals surface area contributed by atoms with E-state index in [0.29, 0.717) is 19.5 Å². The fraction of sp³-hybridized carbons (Fsp3) is 0.444. The zero-order valence-electron chi connectivity index (χ0n) is 9.07. The highest BCUT2D eigenvalue weighted by Crippen LogP contribution is 2.10. The van der Waals surface area contributed by atoms with E-state index in [-0.39, 0.29) is 9.92 Å². The number of H-pyrrole nitrogens is 1. The Labute approximate surface area is 104 Å². The maximum Gasteiger partial charge on any atom is 0.266 e. The number of nitrogens with two attached hydrogens (primary N) is 1. The van der Waals surface area contributed by atoms with Crippen LogP contribution in [-0.4, -0.2) is 26.5 Å². The van der Waals surface area contributed by atoms with Gasteiger partial charge in [0.2, 0.25) is 10.0 Å². The van der Waals surface area contributed by atoms with Gasteiger partial charge >= 0.3 is 0 Å². The molecule has 8 heteroatoms. The number of aromatic nitrogens is 1. The van der Waals surface area contributed by atoms with Crippen molar-refractivity contribution in [2.45, 2.75) is 17.7 Å². The van der Waals surface area contributed by atoms with Crippen molar-refractivity contribution in [1.82, 2.24) is 9.71 Å². The average Bonchev–Trinajstić information content (AvgIpc) is 2.28. The minimum atomic E-state index is -3.63. The molecule has 0 spiro atoms. The number of halogens is 1. The Hall–Kier alpha value is -0.890. The molecule has 0 bridgehead atoms. The number of aromatic amines is 1. The van der Waals surface area contributed by atoms with E-state index in [1.54, 1.807) is 0 Å². The predicted octanol–water partition coefficient (Wildman–Crippen LogP) is 0.0455. The summed E-state index contributed by atoms with van der Waals surface area (Å²) in [6.45, 7) is 0.822. The van der Waals surface area contributed by atoms with E-state index >= 15 is 0 Å². The summed E-state index contributed by atoms with van der Waals surface area (Å²) in [6.07, 6.45) is 2.52. The van der Waals surface area contributed by atoms with Crippen LogP contribution >= 0.6 is 11.6 Å². The van der Waals surface area contributed by atoms with E-state index in [1.165, 1.54) is 0 Å². The number of hydrogen-bond donors (Lipinski definition) is 3. The van der Waals surface area contributed by atoms with Gasteiger partial charge in [0.25, 0.3) is 5.56 Å². The van der Waals surface area contributed by atoms with Gasteiger partial charge < -0.3 is 10.7 Å². The molecule has 1 aromatic rings. The first-order valence-electron chi connectivity index (χ1n) is 5.05. The lowest BCUT2D eigenvalue weighted by Crippen LogP contribution is -2.26. The summed E-state index contributed by atoms with van der Waals surface area (Å²) in [5.74, 6) is 0. The molecule has 0 amide bonds. The molecular weight excluding hydrogens is 266 g/mol. The second kappa shape index (κ2) is 6.15. The van der Waals surface area contributed by atoms with Crippen LogP contribution in [0.2, 0.25) is 5.02 Å². The molecule has 1 heterocycles. The van der Waals surface area contributed by atoms with Gasteiger partial charge in [-0.3, -0.25) is 4.79 Å². The molecule has 0 radical (unpaired) electrons. The van der Waals surface area contributed by atoms with Gasteiger partial charge in [0.1, 0.15) is 5.02 Å². The van der Waals surface area contributed by atoms with Crippen LogP contribution in [0.3, 0.4) is 0 Å². The third kappa shape index (κ3) is 4.12. The van der Waals surface area contributed by atoms with Crippen LogP contribution in [0.25, 0.3) is 0 Å². The van der Waals surface area contributed by atoms with Crippen LogP contribution in [0, 0.1) is 0 Å². The fourth-order valence-electron chi connectivity index (χ4n) is 1.15. The number of nitrogens with one attached hydrogen (secondary N) is 2. The molecule has 96 valence electrons. The van der Waals surface area contributed by atoms with Crippen LogP contribution in [0.4, 0.5) is 0 Å². The first-order chi connectivity index (χ1) is 7.97. The predicted molar refractivity (Wildman–Crippen MR) is 65.5 cm³/mol. The molecule has 0 aliphatic carbocycles. The Bertz CT molecular complexity index is 527. The molecule has 0 aromatic carbocycles. The van der Waals surface area contributed by atoms with Crippen LogP contribution in [-0.2, 0) is 10.0 Å². The Balaban J connectivity index is 2.76. The van der Waals surface area contributed by atoms with Crippen LogP contribution in [0.5, 0.6) is 0 Å². The Morgan fingerprint density at radius 1 is 1.41 bits per heavy atom. The molecule has 0 saturated carbocycles. The summed E-state index contributed by atoms with van der Waals surface area (Å²) in [4.78, 5) is 13.2. The van der Waals surface area contributed by atoms with Crippen LogP contribution in [0.15, 0.2) is 22.0 Å². The number of unbranched alkanes of at least 4 members (excludes halogenated alkanes) is 1. The molecule has 1 rings (SSSR count). The van der Waals surface area contributed by atoms with Crippen molar-refractivity contribution in [3.05, 3.63) is 27.6 Å². The first-order valence-corrected chi connectivity index (χ1v) is 6.91. The van der Waals surface area contributed by atoms with Gasteiger partial charge in [-0.2, -0.15) is 0 Å². The normalized spacial score (nSPS) is 11.6. The van der Waals surface area contributed by atoms with E-state index in [9.17, 15) is 13.2 Å². The second-order valence-electron chi connectivity index (χ2n) is 3.41. The first kappa shape index (κ1) is 14.2. The van der Waals surface area contributed by atoms with E-state index in [2.05, 4.69) is 9.71 Å². The van der Waals surface area contributed by atoms with Gasteiger partial charge in [0.15, 0.2) is 0 Å². The summed E-state index contributed by atoms with van der Waals surface area (Å²) in [7, 11) is -3.63. The van der Waals surface area contributed by atoms with Gasteiger partial charge in [-0.15, -0.1) is 0 Å². The highest BCUT2D eigenvalue weighted by atomic mass is 35.5. The quantitative estimate of drug-likeness (QED) is 0.640. The van der Waals surface area contributed by atoms with Crippen molar-refractivity contribution in [1.29, 1.82) is 0 Å². The third-order valence-electron chi connectivity index (χ3n) is 2.06. The van der Waals surface area contributed by atoms with Crippen molar-refractivity contribution >= 4 is 21.6 Å². The average molecular weight is 280 g/mol. The zero-order valence-corrected chi connectivity index (χ0v) is 10.6. The molecule has 0 aliphatic rings. The second-order valence-corrected chi connectivity index (χ2v) is 5.58. The van der Waals surface area contributed by atoms with Crippen molar-refractivity contribution < 1.29 is 8.42 Å². The monoisotopic (exact) mass is 279 g/mol. The van der Waals surface area contributed by atoms with Crippen LogP contribution in [0.1, 0.15) is 12.8 Å². The maximum atomic E-state index is 11.7. The fourth-order valence-corrected chi connectivity index (χ4v) is 2.46. The lowest BCUT2D eigenvalue weighted by Gasteiger charge is -2.06. The molecule has 0 unspecified atom stereocenters.